The molecule has 0 bridgehead atoms. The van der Waals surface area contributed by atoms with Crippen LogP contribution in [-0.4, -0.2) is 0 Å². The lowest BCUT2D eigenvalue weighted by Gasteiger charge is -2.16. The monoisotopic (exact) mass is 268 g/mol. The highest BCUT2D eigenvalue weighted by Gasteiger charge is 2.26. The number of hydrogen-bond acceptors (Lipinski definition) is 0. The van der Waals surface area contributed by atoms with Crippen LogP contribution in [0, 0.1) is 0 Å². The standard InChI is InChI=1S/C18H21P/c1-3-7-16-15-9-6-5-8-14(15)12-17(16)18-13(4-2)10-11-19-18/h5-6,8-12,16,19H,3-4,7H2,1-2H3. The van der Waals surface area contributed by atoms with Crippen molar-refractivity contribution in [3.63, 3.8) is 0 Å². The van der Waals surface area contributed by atoms with Gasteiger partial charge in [-0.2, -0.15) is 0 Å². The number of fused-ring (bicyclic) bond motifs is 1. The Morgan fingerprint density at radius 2 is 1.95 bits per heavy atom. The van der Waals surface area contributed by atoms with Gasteiger partial charge in [0.05, 0.1) is 0 Å². The van der Waals surface area contributed by atoms with Gasteiger partial charge in [-0.15, -0.1) is 8.19 Å². The van der Waals surface area contributed by atoms with Crippen molar-refractivity contribution in [2.24, 2.45) is 0 Å². The topological polar surface area (TPSA) is 0 Å². The molecule has 1 aliphatic rings. The van der Waals surface area contributed by atoms with E-state index in [9.17, 15) is 0 Å². The highest BCUT2D eigenvalue weighted by molar-refractivity contribution is 7.31. The van der Waals surface area contributed by atoms with Gasteiger partial charge >= 0.3 is 0 Å². The molecule has 1 aliphatic carbocycles. The first-order chi connectivity index (χ1) is 9.35. The average Bonchev–Trinajstić information content (AvgIpc) is 3.03. The lowest BCUT2D eigenvalue weighted by Crippen LogP contribution is -1.98. The van der Waals surface area contributed by atoms with Gasteiger partial charge in [0.25, 0.3) is 0 Å². The summed E-state index contributed by atoms with van der Waals surface area (Å²) in [7, 11) is 0.870. The zero-order chi connectivity index (χ0) is 13.2. The summed E-state index contributed by atoms with van der Waals surface area (Å²) in [6, 6.07) is 11.3. The van der Waals surface area contributed by atoms with Crippen LogP contribution in [0.2, 0.25) is 0 Å². The second-order valence-corrected chi connectivity index (χ2v) is 6.42. The molecular formula is C18H21P. The molecule has 2 aromatic rings. The molecule has 3 rings (SSSR count). The van der Waals surface area contributed by atoms with Crippen molar-refractivity contribution in [3.05, 3.63) is 58.1 Å². The van der Waals surface area contributed by atoms with Crippen LogP contribution in [0.5, 0.6) is 0 Å². The molecule has 0 aliphatic heterocycles. The average molecular weight is 268 g/mol. The summed E-state index contributed by atoms with van der Waals surface area (Å²) in [4.78, 5) is 0. The SMILES string of the molecule is CCCC1C(c2[pH]ccc2CC)=Cc2ccccc21. The fraction of sp³-hybridized carbons (Fsp3) is 0.333. The van der Waals surface area contributed by atoms with Crippen LogP contribution in [0.15, 0.2) is 36.1 Å². The van der Waals surface area contributed by atoms with Crippen molar-refractivity contribution in [1.29, 1.82) is 0 Å². The van der Waals surface area contributed by atoms with Crippen molar-refractivity contribution >= 4 is 19.8 Å². The van der Waals surface area contributed by atoms with E-state index in [0.29, 0.717) is 5.92 Å². The molecular weight excluding hydrogens is 247 g/mol. The number of allylic oxidation sites excluding steroid dienone is 1. The molecule has 2 unspecified atom stereocenters. The number of hydrogen-bond donors (Lipinski definition) is 0. The Balaban J connectivity index is 2.07. The Morgan fingerprint density at radius 3 is 2.74 bits per heavy atom. The molecule has 0 N–H and O–H groups in total. The van der Waals surface area contributed by atoms with Gasteiger partial charge in [0.2, 0.25) is 0 Å². The lowest BCUT2D eigenvalue weighted by molar-refractivity contribution is 0.737. The number of rotatable bonds is 4. The Kier molecular flexibility index (Phi) is 3.62. The zero-order valence-electron chi connectivity index (χ0n) is 11.7. The van der Waals surface area contributed by atoms with Gasteiger partial charge in [0.1, 0.15) is 0 Å². The third-order valence-corrected chi connectivity index (χ3v) is 5.37. The van der Waals surface area contributed by atoms with Crippen molar-refractivity contribution in [1.82, 2.24) is 0 Å². The first-order valence-corrected chi connectivity index (χ1v) is 8.40. The van der Waals surface area contributed by atoms with Crippen LogP contribution in [0.1, 0.15) is 54.6 Å². The molecule has 0 saturated carbocycles. The molecule has 0 spiro atoms. The summed E-state index contributed by atoms with van der Waals surface area (Å²) in [5, 5.41) is 1.62. The van der Waals surface area contributed by atoms with E-state index in [1.54, 1.807) is 22.0 Å². The zero-order valence-corrected chi connectivity index (χ0v) is 12.7. The maximum absolute atomic E-state index is 2.45. The summed E-state index contributed by atoms with van der Waals surface area (Å²) in [5.74, 6) is 2.98. The third kappa shape index (κ3) is 2.19. The fourth-order valence-electron chi connectivity index (χ4n) is 3.21. The van der Waals surface area contributed by atoms with Gasteiger partial charge in [-0.3, -0.25) is 0 Å². The van der Waals surface area contributed by atoms with Gasteiger partial charge in [-0.1, -0.05) is 50.6 Å². The summed E-state index contributed by atoms with van der Waals surface area (Å²) < 4.78 is 0. The Labute approximate surface area is 117 Å². The fourth-order valence-corrected chi connectivity index (χ4v) is 4.52. The van der Waals surface area contributed by atoms with Crippen LogP contribution < -0.4 is 0 Å². The molecule has 1 heterocycles. The van der Waals surface area contributed by atoms with E-state index >= 15 is 0 Å². The smallest absolute Gasteiger partial charge is 0.0105 e. The first kappa shape index (κ1) is 12.8. The summed E-state index contributed by atoms with van der Waals surface area (Å²) in [6.45, 7) is 4.57. The Bertz CT molecular complexity index is 604. The van der Waals surface area contributed by atoms with E-state index < -0.39 is 0 Å². The quantitative estimate of drug-likeness (QED) is 0.665. The van der Waals surface area contributed by atoms with Crippen molar-refractivity contribution in [3.8, 4) is 0 Å². The van der Waals surface area contributed by atoms with E-state index in [0.717, 1.165) is 14.6 Å². The van der Waals surface area contributed by atoms with Crippen LogP contribution in [-0.2, 0) is 6.42 Å². The Morgan fingerprint density at radius 1 is 1.11 bits per heavy atom. The minimum absolute atomic E-state index is 0.630. The van der Waals surface area contributed by atoms with Gasteiger partial charge in [0, 0.05) is 5.92 Å². The minimum atomic E-state index is 0.630. The van der Waals surface area contributed by atoms with Crippen molar-refractivity contribution in [2.75, 3.05) is 0 Å². The molecule has 2 atom stereocenters. The second kappa shape index (κ2) is 5.39. The minimum Gasteiger partial charge on any atom is -0.132 e. The molecule has 0 nitrogen and oxygen atoms in total. The van der Waals surface area contributed by atoms with Crippen molar-refractivity contribution in [2.45, 2.75) is 39.0 Å². The largest absolute Gasteiger partial charge is 0.132 e. The molecule has 1 aromatic carbocycles. The lowest BCUT2D eigenvalue weighted by atomic mass is 9.89. The van der Waals surface area contributed by atoms with Crippen LogP contribution in [0.4, 0.5) is 0 Å². The van der Waals surface area contributed by atoms with E-state index in [4.69, 9.17) is 0 Å². The Hall–Kier alpha value is -1.26. The van der Waals surface area contributed by atoms with Crippen LogP contribution in [0.3, 0.4) is 0 Å². The number of aryl methyl sites for hydroxylation is 1. The van der Waals surface area contributed by atoms with Crippen LogP contribution >= 0.6 is 8.19 Å². The van der Waals surface area contributed by atoms with E-state index in [1.807, 2.05) is 0 Å². The third-order valence-electron chi connectivity index (χ3n) is 4.14. The molecule has 0 fully saturated rings. The van der Waals surface area contributed by atoms with Gasteiger partial charge in [-0.05, 0) is 52.3 Å². The predicted molar refractivity (Wildman–Crippen MR) is 87.3 cm³/mol. The molecule has 0 radical (unpaired) electrons. The normalized spacial score (nSPS) is 17.8. The van der Waals surface area contributed by atoms with Crippen molar-refractivity contribution < 1.29 is 0 Å². The summed E-state index contributed by atoms with van der Waals surface area (Å²) >= 11 is 0. The first-order valence-electron chi connectivity index (χ1n) is 7.32. The molecule has 0 saturated heterocycles. The van der Waals surface area contributed by atoms with E-state index in [2.05, 4.69) is 56.1 Å². The number of benzene rings is 1. The molecule has 1 heteroatoms. The molecule has 1 aromatic heterocycles. The van der Waals surface area contributed by atoms with E-state index in [1.165, 1.54) is 18.4 Å². The molecule has 0 amide bonds. The molecule has 98 valence electrons. The summed E-state index contributed by atoms with van der Waals surface area (Å²) in [5.41, 5.74) is 6.14. The second-order valence-electron chi connectivity index (χ2n) is 5.30. The maximum Gasteiger partial charge on any atom is 0.0105 e. The predicted octanol–water partition coefficient (Wildman–Crippen LogP) is 5.72. The van der Waals surface area contributed by atoms with Crippen LogP contribution in [0.25, 0.3) is 11.6 Å². The highest BCUT2D eigenvalue weighted by atomic mass is 31.0. The molecule has 19 heavy (non-hydrogen) atoms. The van der Waals surface area contributed by atoms with E-state index in [-0.39, 0.29) is 0 Å². The van der Waals surface area contributed by atoms with Gasteiger partial charge in [-0.25, -0.2) is 0 Å². The van der Waals surface area contributed by atoms with Gasteiger partial charge in [0.15, 0.2) is 0 Å². The maximum atomic E-state index is 2.45. The highest BCUT2D eigenvalue weighted by Crippen LogP contribution is 2.47. The van der Waals surface area contributed by atoms with Gasteiger partial charge < -0.3 is 0 Å². The summed E-state index contributed by atoms with van der Waals surface area (Å²) in [6.07, 6.45) is 6.13.